The summed E-state index contributed by atoms with van der Waals surface area (Å²) in [5.74, 6) is -1.10. The summed E-state index contributed by atoms with van der Waals surface area (Å²) in [6.45, 7) is -0.214. The third-order valence-corrected chi connectivity index (χ3v) is 6.16. The predicted molar refractivity (Wildman–Crippen MR) is 97.4 cm³/mol. The van der Waals surface area contributed by atoms with Gasteiger partial charge >= 0.3 is 5.97 Å². The second-order valence-electron chi connectivity index (χ2n) is 4.78. The Bertz CT molecular complexity index is 874. The van der Waals surface area contributed by atoms with Gasteiger partial charge in [-0.1, -0.05) is 45.2 Å². The Labute approximate surface area is 158 Å². The van der Waals surface area contributed by atoms with Crippen molar-refractivity contribution in [2.45, 2.75) is 11.3 Å². The van der Waals surface area contributed by atoms with E-state index in [-0.39, 0.29) is 27.9 Å². The Kier molecular flexibility index (Phi) is 6.14. The van der Waals surface area contributed by atoms with Crippen LogP contribution in [0, 0.1) is 0 Å². The van der Waals surface area contributed by atoms with Crippen LogP contribution in [0.4, 0.5) is 5.69 Å². The predicted octanol–water partition coefficient (Wildman–Crippen LogP) is 4.43. The first-order valence-corrected chi connectivity index (χ1v) is 9.66. The largest absolute Gasteiger partial charge is 0.481 e. The van der Waals surface area contributed by atoms with Gasteiger partial charge in [-0.2, -0.15) is 0 Å². The Morgan fingerprint density at radius 2 is 1.83 bits per heavy atom. The molecule has 0 saturated carbocycles. The number of anilines is 1. The molecule has 0 unspecified atom stereocenters. The number of carboxylic acids is 1. The highest BCUT2D eigenvalue weighted by Crippen LogP contribution is 2.30. The van der Waals surface area contributed by atoms with Crippen molar-refractivity contribution < 1.29 is 18.3 Å². The minimum absolute atomic E-state index is 0.0673. The van der Waals surface area contributed by atoms with Gasteiger partial charge in [0, 0.05) is 11.0 Å². The smallest absolute Gasteiger partial charge is 0.305 e. The number of hydrogen-bond acceptors (Lipinski definition) is 3. The van der Waals surface area contributed by atoms with Gasteiger partial charge in [-0.3, -0.25) is 9.10 Å². The summed E-state index contributed by atoms with van der Waals surface area (Å²) in [7, 11) is -4.00. The molecule has 0 aliphatic rings. The van der Waals surface area contributed by atoms with Gasteiger partial charge in [-0.15, -0.1) is 0 Å². The highest BCUT2D eigenvalue weighted by atomic mass is 79.9. The molecule has 9 heteroatoms. The number of sulfonamides is 1. The van der Waals surface area contributed by atoms with E-state index in [4.69, 9.17) is 28.3 Å². The normalized spacial score (nSPS) is 11.3. The summed E-state index contributed by atoms with van der Waals surface area (Å²) in [5, 5.41) is 9.24. The van der Waals surface area contributed by atoms with Gasteiger partial charge in [0.05, 0.1) is 27.0 Å². The van der Waals surface area contributed by atoms with Crippen LogP contribution in [0.1, 0.15) is 6.42 Å². The van der Waals surface area contributed by atoms with Crippen LogP contribution < -0.4 is 4.31 Å². The monoisotopic (exact) mass is 451 g/mol. The SMILES string of the molecule is O=C(O)CCN(c1cccc(Br)c1)S(=O)(=O)c1ccc(Cl)c(Cl)c1. The van der Waals surface area contributed by atoms with Crippen LogP contribution in [-0.2, 0) is 14.8 Å². The van der Waals surface area contributed by atoms with E-state index in [1.54, 1.807) is 24.3 Å². The molecule has 5 nitrogen and oxygen atoms in total. The Hall–Kier alpha value is -1.28. The molecule has 0 fully saturated rings. The van der Waals surface area contributed by atoms with Gasteiger partial charge in [0.2, 0.25) is 0 Å². The van der Waals surface area contributed by atoms with Gasteiger partial charge in [-0.25, -0.2) is 8.42 Å². The number of aliphatic carboxylic acids is 1. The molecule has 0 heterocycles. The van der Waals surface area contributed by atoms with Crippen molar-refractivity contribution >= 4 is 60.8 Å². The molecule has 0 aliphatic heterocycles. The fourth-order valence-corrected chi connectivity index (χ4v) is 4.22. The molecule has 128 valence electrons. The van der Waals surface area contributed by atoms with Crippen LogP contribution in [0.3, 0.4) is 0 Å². The minimum Gasteiger partial charge on any atom is -0.481 e. The second kappa shape index (κ2) is 7.74. The molecule has 2 aromatic carbocycles. The molecular weight excluding hydrogens is 441 g/mol. The fraction of sp³-hybridized carbons (Fsp3) is 0.133. The van der Waals surface area contributed by atoms with Crippen molar-refractivity contribution in [1.82, 2.24) is 0 Å². The Morgan fingerprint density at radius 3 is 2.42 bits per heavy atom. The van der Waals surface area contributed by atoms with E-state index in [1.165, 1.54) is 18.2 Å². The molecule has 2 aromatic rings. The molecule has 24 heavy (non-hydrogen) atoms. The van der Waals surface area contributed by atoms with Crippen LogP contribution in [-0.4, -0.2) is 26.0 Å². The van der Waals surface area contributed by atoms with E-state index in [9.17, 15) is 13.2 Å². The topological polar surface area (TPSA) is 74.7 Å². The summed E-state index contributed by atoms with van der Waals surface area (Å²) >= 11 is 15.0. The quantitative estimate of drug-likeness (QED) is 0.703. The van der Waals surface area contributed by atoms with E-state index in [0.29, 0.717) is 10.2 Å². The van der Waals surface area contributed by atoms with Gasteiger partial charge < -0.3 is 5.11 Å². The summed E-state index contributed by atoms with van der Waals surface area (Å²) < 4.78 is 27.6. The van der Waals surface area contributed by atoms with Crippen molar-refractivity contribution in [2.75, 3.05) is 10.8 Å². The summed E-state index contributed by atoms with van der Waals surface area (Å²) in [6, 6.07) is 10.5. The Morgan fingerprint density at radius 1 is 1.12 bits per heavy atom. The van der Waals surface area contributed by atoms with Crippen molar-refractivity contribution in [3.63, 3.8) is 0 Å². The van der Waals surface area contributed by atoms with Crippen molar-refractivity contribution in [3.8, 4) is 0 Å². The standard InChI is InChI=1S/C15H12BrCl2NO4S/c16-10-2-1-3-11(8-10)19(7-6-15(20)21)24(22,23)12-4-5-13(17)14(18)9-12/h1-5,8-9H,6-7H2,(H,20,21). The number of carbonyl (C=O) groups is 1. The average Bonchev–Trinajstić information content (AvgIpc) is 2.49. The summed E-state index contributed by atoms with van der Waals surface area (Å²) in [6.07, 6.45) is -0.340. The molecule has 2 rings (SSSR count). The lowest BCUT2D eigenvalue weighted by molar-refractivity contribution is -0.136. The summed E-state index contributed by atoms with van der Waals surface area (Å²) in [5.41, 5.74) is 0.344. The number of hydrogen-bond donors (Lipinski definition) is 1. The lowest BCUT2D eigenvalue weighted by Gasteiger charge is -2.24. The fourth-order valence-electron chi connectivity index (χ4n) is 1.98. The van der Waals surface area contributed by atoms with E-state index < -0.39 is 16.0 Å². The molecule has 0 aromatic heterocycles. The van der Waals surface area contributed by atoms with E-state index >= 15 is 0 Å². The van der Waals surface area contributed by atoms with Crippen LogP contribution in [0.5, 0.6) is 0 Å². The van der Waals surface area contributed by atoms with Gasteiger partial charge in [-0.05, 0) is 36.4 Å². The van der Waals surface area contributed by atoms with Crippen molar-refractivity contribution in [2.24, 2.45) is 0 Å². The molecule has 0 radical (unpaired) electrons. The molecule has 1 N–H and O–H groups in total. The maximum absolute atomic E-state index is 12.9. The number of benzene rings is 2. The number of nitrogens with zero attached hydrogens (tertiary/aromatic N) is 1. The van der Waals surface area contributed by atoms with Gasteiger partial charge in [0.25, 0.3) is 10.0 Å². The van der Waals surface area contributed by atoms with Crippen molar-refractivity contribution in [1.29, 1.82) is 0 Å². The lowest BCUT2D eigenvalue weighted by Crippen LogP contribution is -2.33. The summed E-state index contributed by atoms with van der Waals surface area (Å²) in [4.78, 5) is 10.8. The highest BCUT2D eigenvalue weighted by Gasteiger charge is 2.26. The van der Waals surface area contributed by atoms with Crippen LogP contribution in [0.25, 0.3) is 0 Å². The van der Waals surface area contributed by atoms with Crippen molar-refractivity contribution in [3.05, 3.63) is 57.0 Å². The second-order valence-corrected chi connectivity index (χ2v) is 8.37. The van der Waals surface area contributed by atoms with E-state index in [2.05, 4.69) is 15.9 Å². The maximum Gasteiger partial charge on any atom is 0.305 e. The molecular formula is C15H12BrCl2NO4S. The molecule has 0 atom stereocenters. The zero-order valence-electron chi connectivity index (χ0n) is 12.1. The zero-order chi connectivity index (χ0) is 17.9. The van der Waals surface area contributed by atoms with Crippen LogP contribution in [0.15, 0.2) is 51.8 Å². The lowest BCUT2D eigenvalue weighted by atomic mass is 10.3. The van der Waals surface area contributed by atoms with Gasteiger partial charge in [0.15, 0.2) is 0 Å². The third kappa shape index (κ3) is 4.42. The first-order valence-electron chi connectivity index (χ1n) is 6.67. The molecule has 0 spiro atoms. The number of carboxylic acid groups (broad SMARTS) is 1. The zero-order valence-corrected chi connectivity index (χ0v) is 16.0. The number of halogens is 3. The molecule has 0 saturated heterocycles. The highest BCUT2D eigenvalue weighted by molar-refractivity contribution is 9.10. The third-order valence-electron chi connectivity index (χ3n) is 3.10. The molecule has 0 aliphatic carbocycles. The minimum atomic E-state index is -4.00. The molecule has 0 bridgehead atoms. The first-order chi connectivity index (χ1) is 11.2. The van der Waals surface area contributed by atoms with Crippen LogP contribution in [0.2, 0.25) is 10.0 Å². The number of rotatable bonds is 6. The molecule has 0 amide bonds. The maximum atomic E-state index is 12.9. The Balaban J connectivity index is 2.51. The van der Waals surface area contributed by atoms with Crippen LogP contribution >= 0.6 is 39.1 Å². The van der Waals surface area contributed by atoms with E-state index in [0.717, 1.165) is 4.31 Å². The van der Waals surface area contributed by atoms with E-state index in [1.807, 2.05) is 0 Å². The van der Waals surface area contributed by atoms with Gasteiger partial charge in [0.1, 0.15) is 0 Å². The average molecular weight is 453 g/mol. The first kappa shape index (κ1) is 19.1.